The highest BCUT2D eigenvalue weighted by Crippen LogP contribution is 2.46. The molecule has 0 saturated carbocycles. The van der Waals surface area contributed by atoms with Gasteiger partial charge in [-0.15, -0.1) is 0 Å². The van der Waals surface area contributed by atoms with Crippen LogP contribution in [0.3, 0.4) is 0 Å². The molecular formula is C37H87NO5Si5. The van der Waals surface area contributed by atoms with Gasteiger partial charge in [0.05, 0.1) is 31.0 Å². The zero-order valence-corrected chi connectivity index (χ0v) is 42.3. The summed E-state index contributed by atoms with van der Waals surface area (Å²) in [6.45, 7) is 59.5. The molecule has 0 aromatic carbocycles. The Bertz CT molecular complexity index is 996. The van der Waals surface area contributed by atoms with Gasteiger partial charge < -0.3 is 27.4 Å². The molecule has 0 aromatic heterocycles. The van der Waals surface area contributed by atoms with E-state index in [1.54, 1.807) is 0 Å². The average Bonchev–Trinajstić information content (AvgIpc) is 2.80. The van der Waals surface area contributed by atoms with Gasteiger partial charge in [-0.05, 0) is 97.7 Å². The Morgan fingerprint density at radius 3 is 0.917 bits per heavy atom. The Labute approximate surface area is 307 Å². The van der Waals surface area contributed by atoms with E-state index in [1.807, 2.05) is 7.05 Å². The number of rotatable bonds is 16. The van der Waals surface area contributed by atoms with Gasteiger partial charge in [0, 0.05) is 6.54 Å². The van der Waals surface area contributed by atoms with E-state index in [0.717, 1.165) is 0 Å². The van der Waals surface area contributed by atoms with Crippen molar-refractivity contribution >= 4 is 41.6 Å². The highest BCUT2D eigenvalue weighted by molar-refractivity contribution is 6.76. The topological polar surface area (TPSA) is 58.2 Å². The first-order chi connectivity index (χ1) is 20.7. The van der Waals surface area contributed by atoms with Crippen molar-refractivity contribution < 1.29 is 22.1 Å². The van der Waals surface area contributed by atoms with Crippen LogP contribution in [0.5, 0.6) is 0 Å². The molecule has 0 radical (unpaired) electrons. The zero-order chi connectivity index (χ0) is 39.0. The van der Waals surface area contributed by atoms with E-state index in [2.05, 4.69) is 175 Å². The lowest BCUT2D eigenvalue weighted by Crippen LogP contribution is -2.64. The van der Waals surface area contributed by atoms with Crippen molar-refractivity contribution in [2.45, 2.75) is 219 Å². The Hall–Kier alpha value is 0.844. The monoisotopic (exact) mass is 766 g/mol. The van der Waals surface area contributed by atoms with Gasteiger partial charge in [-0.3, -0.25) is 0 Å². The molecule has 4 atom stereocenters. The molecule has 290 valence electrons. The highest BCUT2D eigenvalue weighted by atomic mass is 28.4. The minimum atomic E-state index is -2.35. The van der Waals surface area contributed by atoms with E-state index in [4.69, 9.17) is 22.1 Å². The summed E-state index contributed by atoms with van der Waals surface area (Å²) in [6, 6.07) is 0. The maximum absolute atomic E-state index is 7.70. The van der Waals surface area contributed by atoms with Crippen molar-refractivity contribution in [3.05, 3.63) is 0 Å². The quantitative estimate of drug-likeness (QED) is 0.158. The molecule has 0 bridgehead atoms. The molecule has 0 rings (SSSR count). The average molecular weight is 767 g/mol. The molecule has 11 heteroatoms. The SMILES string of the molecule is CNCC(O[Si](C)(C)C(C)(C)C)C(O[Si](C)(C)C(C)(C)C)C(O[Si](C)(C)C(C)(C)C)C(CO[Si](C)(C)C(C)(C)C)O[Si](C)(C)C(C)(C)C. The van der Waals surface area contributed by atoms with Crippen LogP contribution in [-0.2, 0) is 22.1 Å². The Morgan fingerprint density at radius 1 is 0.396 bits per heavy atom. The molecule has 48 heavy (non-hydrogen) atoms. The molecule has 0 saturated heterocycles. The molecule has 0 aliphatic carbocycles. The van der Waals surface area contributed by atoms with Gasteiger partial charge in [0.15, 0.2) is 41.6 Å². The summed E-state index contributed by atoms with van der Waals surface area (Å²) >= 11 is 0. The van der Waals surface area contributed by atoms with Crippen LogP contribution >= 0.6 is 0 Å². The van der Waals surface area contributed by atoms with Gasteiger partial charge in [-0.1, -0.05) is 104 Å². The van der Waals surface area contributed by atoms with Crippen LogP contribution in [0.1, 0.15) is 104 Å². The number of likely N-dealkylation sites (N-methyl/N-ethyl adjacent to an activating group) is 1. The molecule has 4 unspecified atom stereocenters. The van der Waals surface area contributed by atoms with Crippen LogP contribution in [0.15, 0.2) is 0 Å². The van der Waals surface area contributed by atoms with Crippen molar-refractivity contribution in [3.8, 4) is 0 Å². The largest absolute Gasteiger partial charge is 0.414 e. The maximum atomic E-state index is 7.70. The first kappa shape index (κ1) is 48.8. The molecule has 6 nitrogen and oxygen atoms in total. The third-order valence-electron chi connectivity index (χ3n) is 12.9. The minimum Gasteiger partial charge on any atom is -0.414 e. The van der Waals surface area contributed by atoms with Crippen molar-refractivity contribution in [2.75, 3.05) is 20.2 Å². The summed E-state index contributed by atoms with van der Waals surface area (Å²) in [5, 5.41) is 3.64. The molecule has 0 aromatic rings. The van der Waals surface area contributed by atoms with Gasteiger partial charge >= 0.3 is 0 Å². The maximum Gasteiger partial charge on any atom is 0.192 e. The lowest BCUT2D eigenvalue weighted by molar-refractivity contribution is -0.0924. The smallest absolute Gasteiger partial charge is 0.192 e. The third kappa shape index (κ3) is 13.1. The number of hydrogen-bond donors (Lipinski definition) is 1. The van der Waals surface area contributed by atoms with Gasteiger partial charge in [0.25, 0.3) is 0 Å². The van der Waals surface area contributed by atoms with Crippen molar-refractivity contribution in [1.82, 2.24) is 5.32 Å². The highest BCUT2D eigenvalue weighted by Gasteiger charge is 2.53. The van der Waals surface area contributed by atoms with Gasteiger partial charge in [-0.25, -0.2) is 0 Å². The molecule has 0 aliphatic heterocycles. The van der Waals surface area contributed by atoms with Crippen molar-refractivity contribution in [3.63, 3.8) is 0 Å². The van der Waals surface area contributed by atoms with Crippen molar-refractivity contribution in [1.29, 1.82) is 0 Å². The van der Waals surface area contributed by atoms with Gasteiger partial charge in [0.2, 0.25) is 0 Å². The summed E-state index contributed by atoms with van der Waals surface area (Å²) in [4.78, 5) is 0. The predicted molar refractivity (Wildman–Crippen MR) is 225 cm³/mol. The molecule has 1 N–H and O–H groups in total. The standard InChI is InChI=1S/C37H87NO5Si5/c1-33(2,3)44(17,18)39-28-30(41-46(21,22)35(7,8)9)32(43-48(25,26)37(13,14)15)31(42-47(23,24)36(10,11)12)29(27-38-16)40-45(19,20)34(4,5)6/h29-32,38H,27-28H2,1-26H3. The summed E-state index contributed by atoms with van der Waals surface area (Å²) in [5.41, 5.74) is 0. The van der Waals surface area contributed by atoms with E-state index in [9.17, 15) is 0 Å². The van der Waals surface area contributed by atoms with E-state index in [0.29, 0.717) is 13.2 Å². The normalized spacial score (nSPS) is 18.1. The molecule has 0 spiro atoms. The van der Waals surface area contributed by atoms with Crippen molar-refractivity contribution in [2.24, 2.45) is 0 Å². The lowest BCUT2D eigenvalue weighted by atomic mass is 10.0. The predicted octanol–water partition coefficient (Wildman–Crippen LogP) is 11.8. The molecule has 0 amide bonds. The zero-order valence-electron chi connectivity index (χ0n) is 37.3. The minimum absolute atomic E-state index is 0.00135. The van der Waals surface area contributed by atoms with Gasteiger partial charge in [0.1, 0.15) is 0 Å². The fourth-order valence-electron chi connectivity index (χ4n) is 3.98. The van der Waals surface area contributed by atoms with Crippen LogP contribution in [0.2, 0.25) is 90.7 Å². The Kier molecular flexibility index (Phi) is 16.3. The fourth-order valence-corrected chi connectivity index (χ4v) is 10.3. The summed E-state index contributed by atoms with van der Waals surface area (Å²) in [6.07, 6.45) is -1.26. The van der Waals surface area contributed by atoms with E-state index < -0.39 is 41.6 Å². The van der Waals surface area contributed by atoms with Crippen LogP contribution in [0.25, 0.3) is 0 Å². The summed E-state index contributed by atoms with van der Waals surface area (Å²) in [5.74, 6) is 0. The van der Waals surface area contributed by atoms with Crippen LogP contribution in [-0.4, -0.2) is 86.2 Å². The first-order valence-corrected chi connectivity index (χ1v) is 33.2. The number of nitrogens with one attached hydrogen (secondary N) is 1. The van der Waals surface area contributed by atoms with Crippen LogP contribution in [0, 0.1) is 0 Å². The Balaban J connectivity index is 8.02. The Morgan fingerprint density at radius 2 is 0.646 bits per heavy atom. The molecular weight excluding hydrogens is 679 g/mol. The molecule has 0 fully saturated rings. The van der Waals surface area contributed by atoms with E-state index in [-0.39, 0.29) is 49.6 Å². The van der Waals surface area contributed by atoms with E-state index in [1.165, 1.54) is 0 Å². The number of hydrogen-bond acceptors (Lipinski definition) is 6. The summed E-state index contributed by atoms with van der Waals surface area (Å²) in [7, 11) is -9.28. The lowest BCUT2D eigenvalue weighted by Gasteiger charge is -2.52. The second-order valence-corrected chi connectivity index (χ2v) is 46.0. The third-order valence-corrected chi connectivity index (χ3v) is 35.3. The van der Waals surface area contributed by atoms with Gasteiger partial charge in [-0.2, -0.15) is 0 Å². The second kappa shape index (κ2) is 16.1. The molecule has 0 heterocycles. The van der Waals surface area contributed by atoms with Crippen LogP contribution in [0.4, 0.5) is 0 Å². The van der Waals surface area contributed by atoms with E-state index >= 15 is 0 Å². The summed E-state index contributed by atoms with van der Waals surface area (Å²) < 4.78 is 37.4. The fraction of sp³-hybridized carbons (Fsp3) is 1.00. The second-order valence-electron chi connectivity index (χ2n) is 22.1. The first-order valence-electron chi connectivity index (χ1n) is 18.7. The molecule has 0 aliphatic rings. The van der Waals surface area contributed by atoms with Crippen LogP contribution < -0.4 is 5.32 Å².